The van der Waals surface area contributed by atoms with Gasteiger partial charge in [-0.25, -0.2) is 4.68 Å². The third-order valence-electron chi connectivity index (χ3n) is 5.49. The lowest BCUT2D eigenvalue weighted by Crippen LogP contribution is -2.47. The van der Waals surface area contributed by atoms with Crippen molar-refractivity contribution >= 4 is 28.5 Å². The van der Waals surface area contributed by atoms with Gasteiger partial charge in [0.1, 0.15) is 0 Å². The van der Waals surface area contributed by atoms with Crippen molar-refractivity contribution in [1.82, 2.24) is 25.9 Å². The van der Waals surface area contributed by atoms with Gasteiger partial charge in [-0.05, 0) is 38.7 Å². The first-order valence-corrected chi connectivity index (χ1v) is 10.7. The first-order chi connectivity index (χ1) is 14.9. The second-order valence-corrected chi connectivity index (χ2v) is 8.22. The summed E-state index contributed by atoms with van der Waals surface area (Å²) in [6, 6.07) is 6.46. The molecule has 1 aromatic heterocycles. The van der Waals surface area contributed by atoms with Gasteiger partial charge in [0.15, 0.2) is 5.69 Å². The van der Waals surface area contributed by atoms with Crippen molar-refractivity contribution in [2.45, 2.75) is 58.4 Å². The molecule has 1 saturated carbocycles. The van der Waals surface area contributed by atoms with Crippen LogP contribution in [0, 0.1) is 5.92 Å². The molecule has 0 radical (unpaired) electrons. The molecule has 1 aliphatic rings. The molecule has 0 unspecified atom stereocenters. The summed E-state index contributed by atoms with van der Waals surface area (Å²) in [5.41, 5.74) is 4.35. The lowest BCUT2D eigenvalue weighted by molar-refractivity contribution is -0.127. The summed E-state index contributed by atoms with van der Waals surface area (Å²) >= 11 is 0. The van der Waals surface area contributed by atoms with Crippen LogP contribution in [0.15, 0.2) is 29.1 Å². The van der Waals surface area contributed by atoms with E-state index in [-0.39, 0.29) is 29.7 Å². The van der Waals surface area contributed by atoms with Crippen LogP contribution in [0.3, 0.4) is 0 Å². The average Bonchev–Trinajstić information content (AvgIpc) is 2.77. The van der Waals surface area contributed by atoms with Crippen LogP contribution in [0.1, 0.15) is 68.9 Å². The highest BCUT2D eigenvalue weighted by molar-refractivity contribution is 6.05. The van der Waals surface area contributed by atoms with Crippen molar-refractivity contribution in [2.75, 3.05) is 6.54 Å². The molecular weight excluding hydrogens is 398 g/mol. The van der Waals surface area contributed by atoms with Crippen LogP contribution in [0.5, 0.6) is 0 Å². The zero-order valence-electron chi connectivity index (χ0n) is 17.9. The normalized spacial score (nSPS) is 14.4. The molecule has 2 aromatic rings. The number of carbonyl (C=O) groups excluding carboxylic acids is 3. The van der Waals surface area contributed by atoms with E-state index >= 15 is 0 Å². The number of carbonyl (C=O) groups is 3. The zero-order valence-corrected chi connectivity index (χ0v) is 17.9. The fraction of sp³-hybridized carbons (Fsp3) is 0.500. The summed E-state index contributed by atoms with van der Waals surface area (Å²) in [6.45, 7) is 3.36. The van der Waals surface area contributed by atoms with Crippen LogP contribution >= 0.6 is 0 Å². The number of hydrogen-bond acceptors (Lipinski definition) is 5. The van der Waals surface area contributed by atoms with E-state index in [9.17, 15) is 19.2 Å². The smallest absolute Gasteiger partial charge is 0.290 e. The third-order valence-corrected chi connectivity index (χ3v) is 5.49. The van der Waals surface area contributed by atoms with E-state index in [0.29, 0.717) is 23.1 Å². The minimum absolute atomic E-state index is 0.0329. The summed E-state index contributed by atoms with van der Waals surface area (Å²) in [4.78, 5) is 49.3. The molecule has 0 saturated heterocycles. The fourth-order valence-electron chi connectivity index (χ4n) is 3.86. The predicted octanol–water partition coefficient (Wildman–Crippen LogP) is 1.82. The van der Waals surface area contributed by atoms with Crippen molar-refractivity contribution in [3.05, 3.63) is 40.3 Å². The number of hydrogen-bond donors (Lipinski definition) is 3. The molecule has 1 fully saturated rings. The summed E-state index contributed by atoms with van der Waals surface area (Å²) < 4.78 is 1.24. The highest BCUT2D eigenvalue weighted by atomic mass is 16.2. The quantitative estimate of drug-likeness (QED) is 0.607. The van der Waals surface area contributed by atoms with Gasteiger partial charge >= 0.3 is 0 Å². The minimum atomic E-state index is -0.646. The van der Waals surface area contributed by atoms with Gasteiger partial charge in [0.2, 0.25) is 5.91 Å². The molecule has 0 bridgehead atoms. The van der Waals surface area contributed by atoms with Gasteiger partial charge in [0.05, 0.1) is 18.0 Å². The van der Waals surface area contributed by atoms with Crippen LogP contribution in [0.2, 0.25) is 0 Å². The summed E-state index contributed by atoms with van der Waals surface area (Å²) in [5.74, 6) is -0.975. The Balaban J connectivity index is 1.58. The standard InChI is InChI=1S/C22H29N5O4/c1-14(2)27-22(31)17-11-7-6-10-16(17)20(26-27)21(30)25-24-19(29)13-23-18(28)12-15-8-4-3-5-9-15/h6-7,10-11,14-15H,3-5,8-9,12-13H2,1-2H3,(H,23,28)(H,24,29)(H,25,30). The molecule has 166 valence electrons. The van der Waals surface area contributed by atoms with Gasteiger partial charge in [0.25, 0.3) is 17.4 Å². The van der Waals surface area contributed by atoms with E-state index < -0.39 is 11.8 Å². The highest BCUT2D eigenvalue weighted by Crippen LogP contribution is 2.26. The highest BCUT2D eigenvalue weighted by Gasteiger charge is 2.19. The summed E-state index contributed by atoms with van der Waals surface area (Å²) in [5, 5.41) is 7.55. The van der Waals surface area contributed by atoms with Gasteiger partial charge in [-0.15, -0.1) is 0 Å². The lowest BCUT2D eigenvalue weighted by Gasteiger charge is -2.20. The zero-order chi connectivity index (χ0) is 22.4. The van der Waals surface area contributed by atoms with Gasteiger partial charge in [0, 0.05) is 11.8 Å². The monoisotopic (exact) mass is 427 g/mol. The topological polar surface area (TPSA) is 122 Å². The van der Waals surface area contributed by atoms with Crippen LogP contribution < -0.4 is 21.7 Å². The first kappa shape index (κ1) is 22.5. The fourth-order valence-corrected chi connectivity index (χ4v) is 3.86. The number of nitrogens with one attached hydrogen (secondary N) is 3. The summed E-state index contributed by atoms with van der Waals surface area (Å²) in [6.07, 6.45) is 6.05. The van der Waals surface area contributed by atoms with Gasteiger partial charge in [-0.3, -0.25) is 30.0 Å². The number of nitrogens with zero attached hydrogens (tertiary/aromatic N) is 2. The van der Waals surface area contributed by atoms with Crippen molar-refractivity contribution < 1.29 is 14.4 Å². The number of amides is 3. The molecule has 0 atom stereocenters. The van der Waals surface area contributed by atoms with Gasteiger partial charge in [-0.2, -0.15) is 5.10 Å². The molecule has 3 amide bonds. The molecule has 31 heavy (non-hydrogen) atoms. The van der Waals surface area contributed by atoms with E-state index in [4.69, 9.17) is 0 Å². The van der Waals surface area contributed by atoms with E-state index in [1.54, 1.807) is 38.1 Å². The number of hydrazine groups is 1. The second-order valence-electron chi connectivity index (χ2n) is 8.22. The van der Waals surface area contributed by atoms with Crippen molar-refractivity contribution in [3.8, 4) is 0 Å². The molecule has 9 heteroatoms. The number of benzene rings is 1. The van der Waals surface area contributed by atoms with Crippen LogP contribution in [-0.2, 0) is 9.59 Å². The van der Waals surface area contributed by atoms with Crippen molar-refractivity contribution in [3.63, 3.8) is 0 Å². The maximum atomic E-state index is 12.7. The van der Waals surface area contributed by atoms with Gasteiger partial charge < -0.3 is 5.32 Å². The maximum absolute atomic E-state index is 12.7. The molecule has 9 nitrogen and oxygen atoms in total. The predicted molar refractivity (Wildman–Crippen MR) is 116 cm³/mol. The first-order valence-electron chi connectivity index (χ1n) is 10.7. The molecular formula is C22H29N5O4. The molecule has 0 spiro atoms. The molecule has 3 rings (SSSR count). The van der Waals surface area contributed by atoms with Crippen LogP contribution in [-0.4, -0.2) is 34.0 Å². The molecule has 1 aliphatic carbocycles. The number of rotatable bonds is 6. The van der Waals surface area contributed by atoms with E-state index in [1.165, 1.54) is 11.1 Å². The molecule has 0 aliphatic heterocycles. The molecule has 1 heterocycles. The summed E-state index contributed by atoms with van der Waals surface area (Å²) in [7, 11) is 0. The van der Waals surface area contributed by atoms with Crippen LogP contribution in [0.25, 0.3) is 10.8 Å². The Hall–Kier alpha value is -3.23. The Labute approximate surface area is 180 Å². The second kappa shape index (κ2) is 10.2. The van der Waals surface area contributed by atoms with Crippen LogP contribution in [0.4, 0.5) is 0 Å². The minimum Gasteiger partial charge on any atom is -0.347 e. The SMILES string of the molecule is CC(C)n1nc(C(=O)NNC(=O)CNC(=O)CC2CCCCC2)c2ccccc2c1=O. The molecule has 3 N–H and O–H groups in total. The van der Waals surface area contributed by atoms with Crippen molar-refractivity contribution in [1.29, 1.82) is 0 Å². The molecule has 1 aromatic carbocycles. The Morgan fingerprint density at radius 1 is 1.03 bits per heavy atom. The Kier molecular flexibility index (Phi) is 7.38. The van der Waals surface area contributed by atoms with E-state index in [0.717, 1.165) is 25.7 Å². The van der Waals surface area contributed by atoms with Gasteiger partial charge in [-0.1, -0.05) is 37.5 Å². The average molecular weight is 428 g/mol. The maximum Gasteiger partial charge on any atom is 0.290 e. The number of fused-ring (bicyclic) bond motifs is 1. The Morgan fingerprint density at radius 2 is 1.71 bits per heavy atom. The third kappa shape index (κ3) is 5.68. The largest absolute Gasteiger partial charge is 0.347 e. The van der Waals surface area contributed by atoms with E-state index in [2.05, 4.69) is 21.3 Å². The Bertz CT molecular complexity index is 1020. The Morgan fingerprint density at radius 3 is 2.39 bits per heavy atom. The number of aromatic nitrogens is 2. The van der Waals surface area contributed by atoms with E-state index in [1.807, 2.05) is 0 Å². The lowest BCUT2D eigenvalue weighted by atomic mass is 9.87. The van der Waals surface area contributed by atoms with Crippen molar-refractivity contribution in [2.24, 2.45) is 5.92 Å².